The zero-order chi connectivity index (χ0) is 15.7. The van der Waals surface area contributed by atoms with E-state index >= 15 is 0 Å². The Labute approximate surface area is 141 Å². The molecule has 3 aromatic rings. The van der Waals surface area contributed by atoms with E-state index in [1.54, 1.807) is 0 Å². The van der Waals surface area contributed by atoms with Crippen molar-refractivity contribution in [2.75, 3.05) is 5.32 Å². The fraction of sp³-hybridized carbons (Fsp3) is 0.214. The van der Waals surface area contributed by atoms with Crippen LogP contribution in [0.4, 0.5) is 10.8 Å². The zero-order valence-electron chi connectivity index (χ0n) is 12.0. The Morgan fingerprint density at radius 1 is 1.23 bits per heavy atom. The molecule has 0 fully saturated rings. The number of aromatic nitrogens is 4. The van der Waals surface area contributed by atoms with Crippen LogP contribution in [0.5, 0.6) is 0 Å². The zero-order valence-corrected chi connectivity index (χ0v) is 14.3. The fourth-order valence-corrected chi connectivity index (χ4v) is 3.08. The standard InChI is InChI=1S/C14H13Cl2N5S/c1-8-13(16)9(2)21(20-8)7-12-18-19-14(22-12)17-11-5-3-4-10(15)6-11/h3-6H,7H2,1-2H3,(H,17,19). The van der Waals surface area contributed by atoms with E-state index in [0.717, 1.165) is 22.1 Å². The number of aryl methyl sites for hydroxylation is 1. The summed E-state index contributed by atoms with van der Waals surface area (Å²) < 4.78 is 1.83. The average Bonchev–Trinajstić information content (AvgIpc) is 3.00. The van der Waals surface area contributed by atoms with Gasteiger partial charge in [-0.15, -0.1) is 10.2 Å². The van der Waals surface area contributed by atoms with Crippen LogP contribution in [0.15, 0.2) is 24.3 Å². The topological polar surface area (TPSA) is 55.6 Å². The van der Waals surface area contributed by atoms with E-state index in [2.05, 4.69) is 20.6 Å². The molecule has 0 bridgehead atoms. The van der Waals surface area contributed by atoms with E-state index in [-0.39, 0.29) is 0 Å². The number of rotatable bonds is 4. The molecule has 2 aromatic heterocycles. The predicted octanol–water partition coefficient (Wildman–Crippen LogP) is 4.45. The highest BCUT2D eigenvalue weighted by Gasteiger charge is 2.12. The van der Waals surface area contributed by atoms with Gasteiger partial charge in [0.05, 0.1) is 23.0 Å². The van der Waals surface area contributed by atoms with E-state index in [1.165, 1.54) is 11.3 Å². The van der Waals surface area contributed by atoms with Crippen molar-refractivity contribution in [1.29, 1.82) is 0 Å². The van der Waals surface area contributed by atoms with Crippen LogP contribution < -0.4 is 5.32 Å². The van der Waals surface area contributed by atoms with Crippen molar-refractivity contribution in [1.82, 2.24) is 20.0 Å². The van der Waals surface area contributed by atoms with Crippen LogP contribution in [0.25, 0.3) is 0 Å². The Kier molecular flexibility index (Phi) is 4.33. The summed E-state index contributed by atoms with van der Waals surface area (Å²) in [7, 11) is 0. The first-order chi connectivity index (χ1) is 10.5. The van der Waals surface area contributed by atoms with Gasteiger partial charge in [-0.1, -0.05) is 40.6 Å². The van der Waals surface area contributed by atoms with Crippen molar-refractivity contribution in [3.8, 4) is 0 Å². The molecule has 0 atom stereocenters. The van der Waals surface area contributed by atoms with Gasteiger partial charge in [0, 0.05) is 10.7 Å². The van der Waals surface area contributed by atoms with Gasteiger partial charge in [0.1, 0.15) is 5.01 Å². The summed E-state index contributed by atoms with van der Waals surface area (Å²) in [6.07, 6.45) is 0. The predicted molar refractivity (Wildman–Crippen MR) is 90.5 cm³/mol. The lowest BCUT2D eigenvalue weighted by atomic mass is 10.3. The number of nitrogens with zero attached hydrogens (tertiary/aromatic N) is 4. The summed E-state index contributed by atoms with van der Waals surface area (Å²) in [5.74, 6) is 0. The summed E-state index contributed by atoms with van der Waals surface area (Å²) in [5, 5.41) is 18.8. The molecule has 0 saturated carbocycles. The molecule has 0 aliphatic heterocycles. The van der Waals surface area contributed by atoms with Gasteiger partial charge >= 0.3 is 0 Å². The Balaban J connectivity index is 1.75. The second-order valence-corrected chi connectivity index (χ2v) is 6.66. The van der Waals surface area contributed by atoms with Crippen LogP contribution in [0.1, 0.15) is 16.4 Å². The highest BCUT2D eigenvalue weighted by molar-refractivity contribution is 7.15. The first-order valence-electron chi connectivity index (χ1n) is 6.57. The molecular weight excluding hydrogens is 341 g/mol. The third-order valence-corrected chi connectivity index (χ3v) is 4.73. The maximum Gasteiger partial charge on any atom is 0.210 e. The van der Waals surface area contributed by atoms with Gasteiger partial charge in [-0.05, 0) is 32.0 Å². The summed E-state index contributed by atoms with van der Waals surface area (Å²) in [6.45, 7) is 4.38. The van der Waals surface area contributed by atoms with Gasteiger partial charge in [-0.2, -0.15) is 5.10 Å². The molecule has 8 heteroatoms. The minimum atomic E-state index is 0.550. The lowest BCUT2D eigenvalue weighted by molar-refractivity contribution is 0.651. The van der Waals surface area contributed by atoms with Crippen LogP contribution >= 0.6 is 34.5 Å². The third-order valence-electron chi connectivity index (χ3n) is 3.12. The number of hydrogen-bond donors (Lipinski definition) is 1. The molecule has 114 valence electrons. The molecule has 0 amide bonds. The molecule has 0 aliphatic carbocycles. The third kappa shape index (κ3) is 3.24. The smallest absolute Gasteiger partial charge is 0.210 e. The van der Waals surface area contributed by atoms with Crippen LogP contribution in [-0.4, -0.2) is 20.0 Å². The van der Waals surface area contributed by atoms with Gasteiger partial charge in [-0.3, -0.25) is 4.68 Å². The van der Waals surface area contributed by atoms with E-state index in [4.69, 9.17) is 23.2 Å². The van der Waals surface area contributed by atoms with Crippen molar-refractivity contribution in [2.24, 2.45) is 0 Å². The minimum absolute atomic E-state index is 0.550. The van der Waals surface area contributed by atoms with E-state index in [1.807, 2.05) is 42.8 Å². The Hall–Kier alpha value is -1.63. The molecule has 1 N–H and O–H groups in total. The molecule has 2 heterocycles. The molecular formula is C14H13Cl2N5S. The van der Waals surface area contributed by atoms with Gasteiger partial charge < -0.3 is 5.32 Å². The van der Waals surface area contributed by atoms with Crippen molar-refractivity contribution >= 4 is 45.4 Å². The van der Waals surface area contributed by atoms with Crippen LogP contribution in [0.2, 0.25) is 10.0 Å². The van der Waals surface area contributed by atoms with Gasteiger partial charge in [-0.25, -0.2) is 0 Å². The van der Waals surface area contributed by atoms with Crippen molar-refractivity contribution in [3.05, 3.63) is 50.7 Å². The SMILES string of the molecule is Cc1nn(Cc2nnc(Nc3cccc(Cl)c3)s2)c(C)c1Cl. The normalized spacial score (nSPS) is 10.9. The first-order valence-corrected chi connectivity index (χ1v) is 8.14. The summed E-state index contributed by atoms with van der Waals surface area (Å²) >= 11 is 13.6. The van der Waals surface area contributed by atoms with Crippen molar-refractivity contribution in [3.63, 3.8) is 0 Å². The number of nitrogens with one attached hydrogen (secondary N) is 1. The second-order valence-electron chi connectivity index (χ2n) is 4.78. The highest BCUT2D eigenvalue weighted by atomic mass is 35.5. The monoisotopic (exact) mass is 353 g/mol. The fourth-order valence-electron chi connectivity index (χ4n) is 2.01. The molecule has 3 rings (SSSR count). The molecule has 0 radical (unpaired) electrons. The van der Waals surface area contributed by atoms with E-state index in [9.17, 15) is 0 Å². The molecule has 5 nitrogen and oxygen atoms in total. The molecule has 0 unspecified atom stereocenters. The maximum absolute atomic E-state index is 6.15. The summed E-state index contributed by atoms with van der Waals surface area (Å²) in [4.78, 5) is 0. The van der Waals surface area contributed by atoms with E-state index < -0.39 is 0 Å². The number of benzene rings is 1. The quantitative estimate of drug-likeness (QED) is 0.752. The first kappa shape index (κ1) is 15.3. The van der Waals surface area contributed by atoms with Gasteiger partial charge in [0.25, 0.3) is 0 Å². The molecule has 22 heavy (non-hydrogen) atoms. The van der Waals surface area contributed by atoms with Crippen molar-refractivity contribution < 1.29 is 0 Å². The lowest BCUT2D eigenvalue weighted by Gasteiger charge is -2.01. The average molecular weight is 354 g/mol. The number of anilines is 2. The Bertz CT molecular complexity index is 811. The van der Waals surface area contributed by atoms with E-state index in [0.29, 0.717) is 21.7 Å². The molecule has 0 spiro atoms. The van der Waals surface area contributed by atoms with Gasteiger partial charge in [0.2, 0.25) is 5.13 Å². The van der Waals surface area contributed by atoms with Crippen molar-refractivity contribution in [2.45, 2.75) is 20.4 Å². The Morgan fingerprint density at radius 2 is 2.05 bits per heavy atom. The maximum atomic E-state index is 6.15. The Morgan fingerprint density at radius 3 is 2.73 bits per heavy atom. The van der Waals surface area contributed by atoms with Crippen LogP contribution in [0.3, 0.4) is 0 Å². The summed E-state index contributed by atoms with van der Waals surface area (Å²) in [5.41, 5.74) is 2.63. The van der Waals surface area contributed by atoms with Crippen LogP contribution in [-0.2, 0) is 6.54 Å². The molecule has 0 saturated heterocycles. The summed E-state index contributed by atoms with van der Waals surface area (Å²) in [6, 6.07) is 7.46. The van der Waals surface area contributed by atoms with Gasteiger partial charge in [0.15, 0.2) is 0 Å². The minimum Gasteiger partial charge on any atom is -0.330 e. The molecule has 0 aliphatic rings. The van der Waals surface area contributed by atoms with Crippen LogP contribution in [0, 0.1) is 13.8 Å². The number of hydrogen-bond acceptors (Lipinski definition) is 5. The molecule has 1 aromatic carbocycles. The second kappa shape index (κ2) is 6.24. The lowest BCUT2D eigenvalue weighted by Crippen LogP contribution is -2.03. The largest absolute Gasteiger partial charge is 0.330 e. The highest BCUT2D eigenvalue weighted by Crippen LogP contribution is 2.25. The number of halogens is 2.